The third kappa shape index (κ3) is 6.03. The molecule has 0 atom stereocenters. The normalized spacial score (nSPS) is 10.1. The van der Waals surface area contributed by atoms with Gasteiger partial charge in [-0.25, -0.2) is 0 Å². The molecule has 0 bridgehead atoms. The number of rotatable bonds is 8. The van der Waals surface area contributed by atoms with Crippen LogP contribution < -0.4 is 20.1 Å². The highest BCUT2D eigenvalue weighted by atomic mass is 32.1. The zero-order valence-corrected chi connectivity index (χ0v) is 16.6. The molecule has 0 fully saturated rings. The van der Waals surface area contributed by atoms with Crippen molar-refractivity contribution in [2.24, 2.45) is 0 Å². The standard InChI is InChI=1S/C16H16N6O7S/c1-3-28-12-8-13(29-4-2)18-15(17-12)20-16(30)19-14(23)9-5-10(21(24)25)7-11(6-9)22(26)27/h5-8H,3-4H2,1-2H3,(H2,17,18,19,20,23,30). The quantitative estimate of drug-likeness (QED) is 0.353. The summed E-state index contributed by atoms with van der Waals surface area (Å²) in [6.45, 7) is 4.21. The Morgan fingerprint density at radius 3 is 1.93 bits per heavy atom. The van der Waals surface area contributed by atoms with Crippen LogP contribution in [0.1, 0.15) is 24.2 Å². The molecule has 0 saturated carbocycles. The van der Waals surface area contributed by atoms with Gasteiger partial charge in [-0.15, -0.1) is 0 Å². The average Bonchev–Trinajstić information content (AvgIpc) is 2.67. The van der Waals surface area contributed by atoms with Gasteiger partial charge < -0.3 is 14.8 Å². The van der Waals surface area contributed by atoms with Crippen LogP contribution in [-0.2, 0) is 0 Å². The summed E-state index contributed by atoms with van der Waals surface area (Å²) in [5, 5.41) is 26.5. The molecule has 158 valence electrons. The average molecular weight is 436 g/mol. The van der Waals surface area contributed by atoms with Crippen molar-refractivity contribution in [1.29, 1.82) is 0 Å². The first-order valence-electron chi connectivity index (χ1n) is 8.44. The molecule has 0 spiro atoms. The highest BCUT2D eigenvalue weighted by molar-refractivity contribution is 7.80. The lowest BCUT2D eigenvalue weighted by Crippen LogP contribution is -2.34. The van der Waals surface area contributed by atoms with Crippen molar-refractivity contribution in [2.45, 2.75) is 13.8 Å². The summed E-state index contributed by atoms with van der Waals surface area (Å²) in [6, 6.07) is 4.01. The van der Waals surface area contributed by atoms with Crippen LogP contribution >= 0.6 is 12.2 Å². The number of aromatic nitrogens is 2. The number of benzene rings is 1. The second kappa shape index (κ2) is 10.0. The number of carbonyl (C=O) groups is 1. The topological polar surface area (TPSA) is 172 Å². The molecular weight excluding hydrogens is 420 g/mol. The van der Waals surface area contributed by atoms with Gasteiger partial charge in [0.15, 0.2) is 5.11 Å². The predicted octanol–water partition coefficient (Wildman–Crippen LogP) is 2.22. The van der Waals surface area contributed by atoms with Crippen molar-refractivity contribution < 1.29 is 24.1 Å². The van der Waals surface area contributed by atoms with E-state index in [4.69, 9.17) is 21.7 Å². The number of hydrogen-bond donors (Lipinski definition) is 2. The van der Waals surface area contributed by atoms with Crippen LogP contribution in [0.15, 0.2) is 24.3 Å². The van der Waals surface area contributed by atoms with Gasteiger partial charge in [-0.2, -0.15) is 9.97 Å². The van der Waals surface area contributed by atoms with Crippen molar-refractivity contribution in [3.05, 3.63) is 50.1 Å². The highest BCUT2D eigenvalue weighted by Gasteiger charge is 2.20. The van der Waals surface area contributed by atoms with Crippen LogP contribution in [0.5, 0.6) is 11.8 Å². The van der Waals surface area contributed by atoms with E-state index in [9.17, 15) is 25.0 Å². The SMILES string of the molecule is CCOc1cc(OCC)nc(NC(=S)NC(=O)c2cc([N+](=O)[O-])cc([N+](=O)[O-])c2)n1. The molecule has 1 amide bonds. The van der Waals surface area contributed by atoms with E-state index in [1.165, 1.54) is 6.07 Å². The second-order valence-electron chi connectivity index (χ2n) is 5.39. The van der Waals surface area contributed by atoms with Crippen LogP contribution in [0.2, 0.25) is 0 Å². The first-order chi connectivity index (χ1) is 14.2. The largest absolute Gasteiger partial charge is 0.478 e. The number of amides is 1. The lowest BCUT2D eigenvalue weighted by molar-refractivity contribution is -0.394. The number of non-ortho nitro benzene ring substituents is 2. The van der Waals surface area contributed by atoms with Crippen LogP contribution in [0.3, 0.4) is 0 Å². The number of thiocarbonyl (C=S) groups is 1. The Hall–Kier alpha value is -3.94. The minimum absolute atomic E-state index is 0.0280. The highest BCUT2D eigenvalue weighted by Crippen LogP contribution is 2.23. The van der Waals surface area contributed by atoms with Gasteiger partial charge in [0.2, 0.25) is 17.7 Å². The predicted molar refractivity (Wildman–Crippen MR) is 108 cm³/mol. The number of carbonyl (C=O) groups excluding carboxylic acids is 1. The summed E-state index contributed by atoms with van der Waals surface area (Å²) >= 11 is 5.02. The molecular formula is C16H16N6O7S. The molecule has 1 aromatic carbocycles. The Labute approximate surface area is 174 Å². The van der Waals surface area contributed by atoms with E-state index in [2.05, 4.69) is 20.6 Å². The maximum absolute atomic E-state index is 12.4. The summed E-state index contributed by atoms with van der Waals surface area (Å²) in [5.41, 5.74) is -1.54. The molecule has 0 saturated heterocycles. The van der Waals surface area contributed by atoms with Crippen LogP contribution in [0.4, 0.5) is 17.3 Å². The Bertz CT molecular complexity index is 944. The van der Waals surface area contributed by atoms with Crippen molar-refractivity contribution in [3.63, 3.8) is 0 Å². The van der Waals surface area contributed by atoms with Gasteiger partial charge >= 0.3 is 0 Å². The number of ether oxygens (including phenoxy) is 2. The molecule has 1 aromatic heterocycles. The van der Waals surface area contributed by atoms with Crippen LogP contribution in [-0.4, -0.2) is 44.0 Å². The zero-order chi connectivity index (χ0) is 22.3. The Morgan fingerprint density at radius 2 is 1.50 bits per heavy atom. The molecule has 14 heteroatoms. The van der Waals surface area contributed by atoms with Gasteiger partial charge in [0.25, 0.3) is 17.3 Å². The van der Waals surface area contributed by atoms with Crippen molar-refractivity contribution in [2.75, 3.05) is 18.5 Å². The molecule has 30 heavy (non-hydrogen) atoms. The lowest BCUT2D eigenvalue weighted by atomic mass is 10.1. The van der Waals surface area contributed by atoms with Crippen molar-refractivity contribution in [3.8, 4) is 11.8 Å². The van der Waals surface area contributed by atoms with E-state index in [0.29, 0.717) is 13.2 Å². The molecule has 0 aliphatic carbocycles. The monoisotopic (exact) mass is 436 g/mol. The number of nitrogens with one attached hydrogen (secondary N) is 2. The van der Waals surface area contributed by atoms with E-state index in [-0.39, 0.29) is 28.4 Å². The molecule has 0 radical (unpaired) electrons. The van der Waals surface area contributed by atoms with Gasteiger partial charge in [0.05, 0.1) is 40.8 Å². The molecule has 2 aromatic rings. The van der Waals surface area contributed by atoms with E-state index >= 15 is 0 Å². The van der Waals surface area contributed by atoms with Gasteiger partial charge in [-0.1, -0.05) is 0 Å². The molecule has 2 rings (SSSR count). The van der Waals surface area contributed by atoms with Gasteiger partial charge in [0, 0.05) is 12.1 Å². The minimum Gasteiger partial charge on any atom is -0.478 e. The van der Waals surface area contributed by atoms with E-state index < -0.39 is 27.1 Å². The van der Waals surface area contributed by atoms with E-state index in [0.717, 1.165) is 18.2 Å². The minimum atomic E-state index is -0.898. The van der Waals surface area contributed by atoms with Crippen LogP contribution in [0.25, 0.3) is 0 Å². The van der Waals surface area contributed by atoms with E-state index in [1.807, 2.05) is 0 Å². The number of anilines is 1. The molecule has 0 aliphatic heterocycles. The maximum Gasteiger partial charge on any atom is 0.277 e. The van der Waals surface area contributed by atoms with Crippen molar-refractivity contribution >= 4 is 40.6 Å². The summed E-state index contributed by atoms with van der Waals surface area (Å²) in [5.74, 6) is -0.506. The lowest BCUT2D eigenvalue weighted by Gasteiger charge is -2.11. The fourth-order valence-electron chi connectivity index (χ4n) is 2.15. The molecule has 1 heterocycles. The summed E-state index contributed by atoms with van der Waals surface area (Å²) in [6.07, 6.45) is 0. The molecule has 2 N–H and O–H groups in total. The zero-order valence-electron chi connectivity index (χ0n) is 15.8. The third-order valence-corrected chi connectivity index (χ3v) is 3.51. The number of hydrogen-bond acceptors (Lipinski definition) is 10. The number of nitro benzene ring substituents is 2. The molecule has 0 unspecified atom stereocenters. The Kier molecular flexibility index (Phi) is 7.46. The smallest absolute Gasteiger partial charge is 0.277 e. The second-order valence-corrected chi connectivity index (χ2v) is 5.80. The first-order valence-corrected chi connectivity index (χ1v) is 8.85. The summed E-state index contributed by atoms with van der Waals surface area (Å²) in [4.78, 5) is 40.7. The maximum atomic E-state index is 12.4. The van der Waals surface area contributed by atoms with Gasteiger partial charge in [-0.05, 0) is 26.1 Å². The first kappa shape index (κ1) is 22.4. The fraction of sp³-hybridized carbons (Fsp3) is 0.250. The summed E-state index contributed by atoms with van der Waals surface area (Å²) in [7, 11) is 0. The van der Waals surface area contributed by atoms with Crippen LogP contribution in [0, 0.1) is 20.2 Å². The molecule has 13 nitrogen and oxygen atoms in total. The number of nitro groups is 2. The summed E-state index contributed by atoms with van der Waals surface area (Å²) < 4.78 is 10.6. The van der Waals surface area contributed by atoms with E-state index in [1.54, 1.807) is 13.8 Å². The molecule has 0 aliphatic rings. The van der Waals surface area contributed by atoms with Crippen molar-refractivity contribution in [1.82, 2.24) is 15.3 Å². The van der Waals surface area contributed by atoms with Gasteiger partial charge in [0.1, 0.15) is 0 Å². The Morgan fingerprint density at radius 1 is 1.00 bits per heavy atom. The third-order valence-electron chi connectivity index (χ3n) is 3.30. The fourth-order valence-corrected chi connectivity index (χ4v) is 2.33. The number of nitrogens with zero attached hydrogens (tertiary/aromatic N) is 4. The van der Waals surface area contributed by atoms with Gasteiger partial charge in [-0.3, -0.25) is 30.3 Å². The Balaban J connectivity index is 2.19.